The van der Waals surface area contributed by atoms with Crippen LogP contribution in [-0.2, 0) is 20.1 Å². The number of aromatic nitrogens is 3. The maximum Gasteiger partial charge on any atom is 0.0780 e. The number of aryl methyl sites for hydroxylation is 1. The van der Waals surface area contributed by atoms with E-state index in [-0.39, 0.29) is 20.1 Å². The monoisotopic (exact) mass is 986 g/mol. The number of fused-ring (bicyclic) bond motifs is 13. The molecule has 0 aliphatic carbocycles. The van der Waals surface area contributed by atoms with Gasteiger partial charge in [-0.2, -0.15) is 11.3 Å². The number of para-hydroxylation sites is 2. The van der Waals surface area contributed by atoms with E-state index in [9.17, 15) is 0 Å². The summed E-state index contributed by atoms with van der Waals surface area (Å²) in [4.78, 5) is 9.68. The molecule has 0 N–H and O–H groups in total. The van der Waals surface area contributed by atoms with Gasteiger partial charge in [-0.3, -0.25) is 4.98 Å². The quantitative estimate of drug-likeness (QED) is 0.128. The SMILES string of the molecule is Cc1ccc2ccc3cc4c(cc3c2c1)sc1c(-c2nc3cccc5c6ccccc6c6ccccc6c6ccccc6n2c35)[c-]ccc14.[Ir].[c-]1ccccc1-c1ccccn1. The van der Waals surface area contributed by atoms with Gasteiger partial charge in [0.2, 0.25) is 0 Å². The third-order valence-electron chi connectivity index (χ3n) is 12.0. The van der Waals surface area contributed by atoms with Crippen LogP contribution in [-0.4, -0.2) is 14.4 Å². The zero-order valence-electron chi connectivity index (χ0n) is 33.6. The predicted octanol–water partition coefficient (Wildman–Crippen LogP) is 15.5. The fourth-order valence-electron chi connectivity index (χ4n) is 9.19. The summed E-state index contributed by atoms with van der Waals surface area (Å²) >= 11 is 1.85. The van der Waals surface area contributed by atoms with E-state index in [1.165, 1.54) is 79.6 Å². The Balaban J connectivity index is 0.000000288. The minimum absolute atomic E-state index is 0. The zero-order chi connectivity index (χ0) is 40.4. The smallest absolute Gasteiger partial charge is 0.0780 e. The molecule has 0 bridgehead atoms. The van der Waals surface area contributed by atoms with Crippen molar-refractivity contribution in [2.75, 3.05) is 0 Å². The van der Waals surface area contributed by atoms with Crippen LogP contribution in [0, 0.1) is 19.1 Å². The van der Waals surface area contributed by atoms with Crippen molar-refractivity contribution in [2.24, 2.45) is 0 Å². The summed E-state index contributed by atoms with van der Waals surface area (Å²) in [6.07, 6.45) is 1.79. The second-order valence-electron chi connectivity index (χ2n) is 15.6. The van der Waals surface area contributed by atoms with E-state index >= 15 is 0 Å². The Bertz CT molecular complexity index is 3850. The molecule has 0 unspecified atom stereocenters. The largest absolute Gasteiger partial charge is 0.332 e. The number of thiophene rings is 1. The van der Waals surface area contributed by atoms with E-state index in [2.05, 4.69) is 174 Å². The van der Waals surface area contributed by atoms with Crippen molar-refractivity contribution < 1.29 is 20.1 Å². The summed E-state index contributed by atoms with van der Waals surface area (Å²) in [5, 5.41) is 14.9. The van der Waals surface area contributed by atoms with Crippen LogP contribution in [0.2, 0.25) is 0 Å². The van der Waals surface area contributed by atoms with Crippen molar-refractivity contribution in [1.29, 1.82) is 0 Å². The Kier molecular flexibility index (Phi) is 9.47. The molecule has 0 aliphatic heterocycles. The van der Waals surface area contributed by atoms with E-state index in [4.69, 9.17) is 4.98 Å². The van der Waals surface area contributed by atoms with Crippen LogP contribution in [0.4, 0.5) is 0 Å². The van der Waals surface area contributed by atoms with Crippen LogP contribution < -0.4 is 0 Å². The number of hydrogen-bond acceptors (Lipinski definition) is 3. The van der Waals surface area contributed by atoms with Gasteiger partial charge in [0, 0.05) is 47.3 Å². The van der Waals surface area contributed by atoms with Gasteiger partial charge in [0.1, 0.15) is 0 Å². The molecule has 9 aromatic carbocycles. The van der Waals surface area contributed by atoms with Crippen molar-refractivity contribution >= 4 is 102 Å². The molecule has 0 saturated heterocycles. The summed E-state index contributed by atoms with van der Waals surface area (Å²) in [7, 11) is 0. The summed E-state index contributed by atoms with van der Waals surface area (Å²) in [6, 6.07) is 73.8. The molecule has 4 heterocycles. The predicted molar refractivity (Wildman–Crippen MR) is 259 cm³/mol. The third-order valence-corrected chi connectivity index (χ3v) is 13.2. The second-order valence-corrected chi connectivity index (χ2v) is 16.7. The van der Waals surface area contributed by atoms with Crippen LogP contribution >= 0.6 is 11.3 Å². The van der Waals surface area contributed by atoms with Crippen molar-refractivity contribution in [1.82, 2.24) is 14.4 Å². The second kappa shape index (κ2) is 15.5. The molecule has 0 atom stereocenters. The fourth-order valence-corrected chi connectivity index (χ4v) is 10.4. The van der Waals surface area contributed by atoms with E-state index in [1.54, 1.807) is 6.20 Å². The Hall–Kier alpha value is -7.01. The van der Waals surface area contributed by atoms with Crippen molar-refractivity contribution in [3.8, 4) is 22.6 Å². The number of pyridine rings is 1. The summed E-state index contributed by atoms with van der Waals surface area (Å²) in [5.74, 6) is 0.912. The topological polar surface area (TPSA) is 30.2 Å². The normalized spacial score (nSPS) is 11.5. The van der Waals surface area contributed by atoms with E-state index in [0.717, 1.165) is 39.2 Å². The maximum absolute atomic E-state index is 5.46. The molecule has 295 valence electrons. The minimum Gasteiger partial charge on any atom is -0.332 e. The molecule has 13 rings (SSSR count). The molecule has 3 nitrogen and oxygen atoms in total. The molecular weight excluding hydrogens is 951 g/mol. The fraction of sp³-hybridized carbons (Fsp3) is 0.0175. The first-order valence-corrected chi connectivity index (χ1v) is 21.4. The van der Waals surface area contributed by atoms with Gasteiger partial charge in [-0.1, -0.05) is 138 Å². The van der Waals surface area contributed by atoms with Gasteiger partial charge in [-0.15, -0.1) is 54.1 Å². The Morgan fingerprint density at radius 2 is 1.18 bits per heavy atom. The molecule has 0 aliphatic rings. The van der Waals surface area contributed by atoms with Crippen LogP contribution in [0.25, 0.3) is 113 Å². The van der Waals surface area contributed by atoms with Gasteiger partial charge in [-0.05, 0) is 96.1 Å². The third kappa shape index (κ3) is 6.20. The average molecular weight is 986 g/mol. The van der Waals surface area contributed by atoms with Gasteiger partial charge in [0.05, 0.1) is 16.9 Å². The molecule has 1 radical (unpaired) electrons. The number of benzene rings is 9. The summed E-state index contributed by atoms with van der Waals surface area (Å²) in [5.41, 5.74) is 7.52. The van der Waals surface area contributed by atoms with E-state index < -0.39 is 0 Å². The van der Waals surface area contributed by atoms with Gasteiger partial charge in [0.25, 0.3) is 0 Å². The molecule has 13 aromatic rings. The van der Waals surface area contributed by atoms with Gasteiger partial charge < -0.3 is 9.38 Å². The molecular formula is C57H35IrN3S-2. The molecule has 5 heteroatoms. The zero-order valence-corrected chi connectivity index (χ0v) is 36.8. The summed E-state index contributed by atoms with van der Waals surface area (Å²) in [6.45, 7) is 2.17. The number of hydrogen-bond donors (Lipinski definition) is 0. The number of nitrogens with zero attached hydrogens (tertiary/aromatic N) is 3. The Morgan fingerprint density at radius 3 is 1.95 bits per heavy atom. The molecule has 4 aromatic heterocycles. The summed E-state index contributed by atoms with van der Waals surface area (Å²) < 4.78 is 4.89. The maximum atomic E-state index is 5.46. The van der Waals surface area contributed by atoms with Crippen LogP contribution in [0.5, 0.6) is 0 Å². The molecule has 0 amide bonds. The van der Waals surface area contributed by atoms with Crippen LogP contribution in [0.15, 0.2) is 194 Å². The molecule has 62 heavy (non-hydrogen) atoms. The van der Waals surface area contributed by atoms with Crippen molar-refractivity contribution in [2.45, 2.75) is 6.92 Å². The Morgan fingerprint density at radius 1 is 0.500 bits per heavy atom. The number of rotatable bonds is 2. The van der Waals surface area contributed by atoms with Crippen LogP contribution in [0.3, 0.4) is 0 Å². The molecule has 0 saturated carbocycles. The molecule has 0 fully saturated rings. The van der Waals surface area contributed by atoms with Crippen molar-refractivity contribution in [3.05, 3.63) is 212 Å². The molecule has 0 spiro atoms. The van der Waals surface area contributed by atoms with Crippen LogP contribution in [0.1, 0.15) is 5.56 Å². The average Bonchev–Trinajstić information content (AvgIpc) is 3.91. The van der Waals surface area contributed by atoms with Gasteiger partial charge in [0.15, 0.2) is 0 Å². The standard InChI is InChI=1S/C46H27N2S.C11H8N.Ir/c1-27-20-21-28-22-23-29-25-40-36-16-8-17-37(45(36)49-43(40)26-39(29)38(28)24-27)46-47-41-18-9-15-35-33-13-5-3-11-31(33)30-10-2-4-12-32(30)34-14-6-7-19-42(34)48(46)44(35)41;1-2-6-10(7-3-1)11-8-4-5-9-12-11;/h2-16,18-26H,1H3;1-6,8-9H;/q2*-1;. The van der Waals surface area contributed by atoms with E-state index in [0.29, 0.717) is 0 Å². The first-order chi connectivity index (χ1) is 30.2. The number of imidazole rings is 1. The van der Waals surface area contributed by atoms with E-state index in [1.807, 2.05) is 53.8 Å². The van der Waals surface area contributed by atoms with Gasteiger partial charge in [-0.25, -0.2) is 0 Å². The van der Waals surface area contributed by atoms with Gasteiger partial charge >= 0.3 is 0 Å². The Labute approximate surface area is 375 Å². The van der Waals surface area contributed by atoms with Crippen molar-refractivity contribution in [3.63, 3.8) is 0 Å². The first kappa shape index (κ1) is 37.9. The minimum atomic E-state index is 0. The first-order valence-electron chi connectivity index (χ1n) is 20.6.